The van der Waals surface area contributed by atoms with Crippen molar-refractivity contribution < 1.29 is 4.74 Å². The first-order chi connectivity index (χ1) is 8.74. The van der Waals surface area contributed by atoms with Crippen LogP contribution in [0.5, 0.6) is 5.75 Å². The van der Waals surface area contributed by atoms with Crippen molar-refractivity contribution >= 4 is 5.69 Å². The molecule has 0 radical (unpaired) electrons. The third-order valence-electron chi connectivity index (χ3n) is 2.71. The van der Waals surface area contributed by atoms with E-state index in [0.29, 0.717) is 6.61 Å². The van der Waals surface area contributed by atoms with E-state index < -0.39 is 0 Å². The van der Waals surface area contributed by atoms with E-state index in [1.165, 1.54) is 11.1 Å². The molecular weight excluding hydrogens is 222 g/mol. The molecule has 2 aromatic rings. The molecule has 2 heteroatoms. The molecule has 0 bridgehead atoms. The Hall–Kier alpha value is -1.96. The van der Waals surface area contributed by atoms with Crippen LogP contribution in [-0.2, 0) is 0 Å². The zero-order valence-electron chi connectivity index (χ0n) is 10.9. The number of nitrogens with one attached hydrogen (secondary N) is 1. The van der Waals surface area contributed by atoms with Gasteiger partial charge in [-0.15, -0.1) is 0 Å². The summed E-state index contributed by atoms with van der Waals surface area (Å²) >= 11 is 0. The average Bonchev–Trinajstić information content (AvgIpc) is 2.35. The Balaban J connectivity index is 1.76. The molecular formula is C16H19NO. The van der Waals surface area contributed by atoms with Crippen molar-refractivity contribution in [3.63, 3.8) is 0 Å². The van der Waals surface area contributed by atoms with Crippen molar-refractivity contribution in [3.05, 3.63) is 59.7 Å². The molecule has 0 heterocycles. The van der Waals surface area contributed by atoms with Crippen LogP contribution in [0.25, 0.3) is 0 Å². The third-order valence-corrected chi connectivity index (χ3v) is 2.71. The van der Waals surface area contributed by atoms with Crippen molar-refractivity contribution in [2.45, 2.75) is 13.8 Å². The van der Waals surface area contributed by atoms with E-state index in [1.54, 1.807) is 0 Å². The molecule has 0 amide bonds. The second-order valence-electron chi connectivity index (χ2n) is 4.46. The molecule has 2 aromatic carbocycles. The van der Waals surface area contributed by atoms with Gasteiger partial charge in [-0.25, -0.2) is 0 Å². The Morgan fingerprint density at radius 1 is 0.944 bits per heavy atom. The first kappa shape index (κ1) is 12.5. The Bertz CT molecular complexity index is 460. The lowest BCUT2D eigenvalue weighted by Crippen LogP contribution is -2.11. The van der Waals surface area contributed by atoms with Gasteiger partial charge in [-0.05, 0) is 49.2 Å². The van der Waals surface area contributed by atoms with Crippen LogP contribution in [0.1, 0.15) is 11.1 Å². The van der Waals surface area contributed by atoms with E-state index in [4.69, 9.17) is 4.74 Å². The van der Waals surface area contributed by atoms with Crippen LogP contribution in [0.4, 0.5) is 5.69 Å². The predicted molar refractivity (Wildman–Crippen MR) is 76.3 cm³/mol. The highest BCUT2D eigenvalue weighted by Crippen LogP contribution is 2.12. The first-order valence-corrected chi connectivity index (χ1v) is 6.24. The van der Waals surface area contributed by atoms with E-state index in [9.17, 15) is 0 Å². The summed E-state index contributed by atoms with van der Waals surface area (Å²) in [5.41, 5.74) is 3.63. The fourth-order valence-electron chi connectivity index (χ4n) is 1.82. The third kappa shape index (κ3) is 3.81. The molecule has 18 heavy (non-hydrogen) atoms. The van der Waals surface area contributed by atoms with Crippen LogP contribution in [0.15, 0.2) is 48.5 Å². The standard InChI is InChI=1S/C16H19NO/c1-13-5-3-7-15(11-13)17-9-10-18-16-8-4-6-14(2)12-16/h3-8,11-12,17H,9-10H2,1-2H3. The minimum atomic E-state index is 0.664. The van der Waals surface area contributed by atoms with E-state index in [0.717, 1.165) is 18.0 Å². The number of benzene rings is 2. The van der Waals surface area contributed by atoms with Gasteiger partial charge in [0.1, 0.15) is 12.4 Å². The van der Waals surface area contributed by atoms with Crippen molar-refractivity contribution in [3.8, 4) is 5.75 Å². The molecule has 2 rings (SSSR count). The van der Waals surface area contributed by atoms with Gasteiger partial charge in [-0.3, -0.25) is 0 Å². The molecule has 0 spiro atoms. The monoisotopic (exact) mass is 241 g/mol. The smallest absolute Gasteiger partial charge is 0.119 e. The van der Waals surface area contributed by atoms with E-state index in [1.807, 2.05) is 18.2 Å². The van der Waals surface area contributed by atoms with E-state index >= 15 is 0 Å². The molecule has 0 aliphatic carbocycles. The van der Waals surface area contributed by atoms with Crippen molar-refractivity contribution in [2.24, 2.45) is 0 Å². The van der Waals surface area contributed by atoms with Gasteiger partial charge < -0.3 is 10.1 Å². The summed E-state index contributed by atoms with van der Waals surface area (Å²) in [5, 5.41) is 3.35. The molecule has 0 unspecified atom stereocenters. The summed E-state index contributed by atoms with van der Waals surface area (Å²) < 4.78 is 5.68. The number of hydrogen-bond acceptors (Lipinski definition) is 2. The summed E-state index contributed by atoms with van der Waals surface area (Å²) in [6.45, 7) is 5.63. The van der Waals surface area contributed by atoms with Gasteiger partial charge >= 0.3 is 0 Å². The maximum Gasteiger partial charge on any atom is 0.119 e. The number of aryl methyl sites for hydroxylation is 2. The van der Waals surface area contributed by atoms with Gasteiger partial charge in [0.05, 0.1) is 0 Å². The molecule has 0 atom stereocenters. The molecule has 0 saturated carbocycles. The molecule has 0 aromatic heterocycles. The second-order valence-corrected chi connectivity index (χ2v) is 4.46. The summed E-state index contributed by atoms with van der Waals surface area (Å²) in [6.07, 6.45) is 0. The van der Waals surface area contributed by atoms with Crippen LogP contribution < -0.4 is 10.1 Å². The quantitative estimate of drug-likeness (QED) is 0.804. The highest BCUT2D eigenvalue weighted by atomic mass is 16.5. The van der Waals surface area contributed by atoms with Gasteiger partial charge in [0.25, 0.3) is 0 Å². The fraction of sp³-hybridized carbons (Fsp3) is 0.250. The van der Waals surface area contributed by atoms with Crippen molar-refractivity contribution in [1.29, 1.82) is 0 Å². The van der Waals surface area contributed by atoms with Crippen LogP contribution in [0, 0.1) is 13.8 Å². The fourth-order valence-corrected chi connectivity index (χ4v) is 1.82. The number of ether oxygens (including phenoxy) is 1. The lowest BCUT2D eigenvalue weighted by molar-refractivity contribution is 0.332. The second kappa shape index (κ2) is 6.10. The normalized spacial score (nSPS) is 10.1. The minimum absolute atomic E-state index is 0.664. The van der Waals surface area contributed by atoms with Crippen LogP contribution in [0.3, 0.4) is 0 Å². The molecule has 0 aliphatic rings. The minimum Gasteiger partial charge on any atom is -0.492 e. The number of rotatable bonds is 5. The van der Waals surface area contributed by atoms with Crippen molar-refractivity contribution in [2.75, 3.05) is 18.5 Å². The summed E-state index contributed by atoms with van der Waals surface area (Å²) in [5.74, 6) is 0.932. The Kier molecular flexibility index (Phi) is 4.24. The van der Waals surface area contributed by atoms with Crippen LogP contribution in [0.2, 0.25) is 0 Å². The maximum absolute atomic E-state index is 5.68. The summed E-state index contributed by atoms with van der Waals surface area (Å²) in [4.78, 5) is 0. The SMILES string of the molecule is Cc1cccc(NCCOc2cccc(C)c2)c1. The maximum atomic E-state index is 5.68. The Morgan fingerprint density at radius 2 is 1.67 bits per heavy atom. The number of hydrogen-bond donors (Lipinski definition) is 1. The van der Waals surface area contributed by atoms with Crippen LogP contribution >= 0.6 is 0 Å². The molecule has 0 saturated heterocycles. The van der Waals surface area contributed by atoms with E-state index in [-0.39, 0.29) is 0 Å². The zero-order valence-corrected chi connectivity index (χ0v) is 10.9. The molecule has 2 nitrogen and oxygen atoms in total. The van der Waals surface area contributed by atoms with Crippen molar-refractivity contribution in [1.82, 2.24) is 0 Å². The van der Waals surface area contributed by atoms with E-state index in [2.05, 4.69) is 49.5 Å². The largest absolute Gasteiger partial charge is 0.492 e. The lowest BCUT2D eigenvalue weighted by Gasteiger charge is -2.09. The highest BCUT2D eigenvalue weighted by Gasteiger charge is 1.95. The lowest BCUT2D eigenvalue weighted by atomic mass is 10.2. The van der Waals surface area contributed by atoms with Gasteiger partial charge in [-0.2, -0.15) is 0 Å². The van der Waals surface area contributed by atoms with Gasteiger partial charge in [0.15, 0.2) is 0 Å². The average molecular weight is 241 g/mol. The van der Waals surface area contributed by atoms with Crippen LogP contribution in [-0.4, -0.2) is 13.2 Å². The van der Waals surface area contributed by atoms with Gasteiger partial charge in [-0.1, -0.05) is 24.3 Å². The summed E-state index contributed by atoms with van der Waals surface area (Å²) in [6, 6.07) is 16.5. The Morgan fingerprint density at radius 3 is 2.39 bits per heavy atom. The molecule has 1 N–H and O–H groups in total. The first-order valence-electron chi connectivity index (χ1n) is 6.24. The topological polar surface area (TPSA) is 21.3 Å². The van der Waals surface area contributed by atoms with Gasteiger partial charge in [0.2, 0.25) is 0 Å². The number of anilines is 1. The molecule has 94 valence electrons. The molecule has 0 fully saturated rings. The highest BCUT2D eigenvalue weighted by molar-refractivity contribution is 5.45. The van der Waals surface area contributed by atoms with Gasteiger partial charge in [0, 0.05) is 12.2 Å². The zero-order chi connectivity index (χ0) is 12.8. The Labute approximate surface area is 109 Å². The molecule has 0 aliphatic heterocycles. The summed E-state index contributed by atoms with van der Waals surface area (Å²) in [7, 11) is 0. The predicted octanol–water partition coefficient (Wildman–Crippen LogP) is 3.79.